The van der Waals surface area contributed by atoms with Gasteiger partial charge in [-0.1, -0.05) is 13.8 Å². The number of hydrogen-bond acceptors (Lipinski definition) is 3. The van der Waals surface area contributed by atoms with Gasteiger partial charge >= 0.3 is 0 Å². The van der Waals surface area contributed by atoms with Crippen molar-refractivity contribution in [1.82, 2.24) is 0 Å². The van der Waals surface area contributed by atoms with Gasteiger partial charge in [0.25, 0.3) is 0 Å². The van der Waals surface area contributed by atoms with E-state index in [1.54, 1.807) is 7.11 Å². The highest BCUT2D eigenvalue weighted by atomic mass is 16.5. The maximum atomic E-state index is 11.7. The molecule has 0 atom stereocenters. The molecule has 1 aliphatic heterocycles. The molecule has 0 bridgehead atoms. The quantitative estimate of drug-likeness (QED) is 0.904. The Morgan fingerprint density at radius 2 is 1.90 bits per heavy atom. The predicted molar refractivity (Wildman–Crippen MR) is 86.8 cm³/mol. The first-order valence-electron chi connectivity index (χ1n) is 7.76. The maximum absolute atomic E-state index is 11.7. The molecule has 1 saturated heterocycles. The molecule has 1 aromatic rings. The van der Waals surface area contributed by atoms with E-state index in [0.29, 0.717) is 18.4 Å². The molecule has 4 nitrogen and oxygen atoms in total. The Bertz CT molecular complexity index is 448. The van der Waals surface area contributed by atoms with Crippen molar-refractivity contribution in [3.63, 3.8) is 0 Å². The number of piperidine rings is 1. The van der Waals surface area contributed by atoms with Crippen LogP contribution in [0.3, 0.4) is 0 Å². The van der Waals surface area contributed by atoms with Crippen molar-refractivity contribution in [2.45, 2.75) is 39.2 Å². The summed E-state index contributed by atoms with van der Waals surface area (Å²) in [6.07, 6.45) is 3.11. The average molecular weight is 290 g/mol. The van der Waals surface area contributed by atoms with Crippen molar-refractivity contribution < 1.29 is 9.53 Å². The topological polar surface area (TPSA) is 41.6 Å². The molecular formula is C17H26N2O2. The third-order valence-corrected chi connectivity index (χ3v) is 3.89. The van der Waals surface area contributed by atoms with Gasteiger partial charge in [0, 0.05) is 38.0 Å². The molecule has 1 amide bonds. The fourth-order valence-corrected chi connectivity index (χ4v) is 2.69. The second-order valence-corrected chi connectivity index (χ2v) is 6.12. The molecule has 21 heavy (non-hydrogen) atoms. The highest BCUT2D eigenvalue weighted by molar-refractivity contribution is 5.90. The number of anilines is 2. The Morgan fingerprint density at radius 3 is 2.43 bits per heavy atom. The minimum Gasteiger partial charge on any atom is -0.381 e. The van der Waals surface area contributed by atoms with E-state index in [-0.39, 0.29) is 5.91 Å². The van der Waals surface area contributed by atoms with Gasteiger partial charge in [-0.05, 0) is 43.0 Å². The standard InChI is InChI=1S/C17H26N2O2/c1-13(2)12-17(20)18-14-4-6-15(7-5-14)19-10-8-16(21-3)9-11-19/h4-7,13,16H,8-12H2,1-3H3,(H,18,20). The fraction of sp³-hybridized carbons (Fsp3) is 0.588. The lowest BCUT2D eigenvalue weighted by atomic mass is 10.1. The van der Waals surface area contributed by atoms with Crippen LogP contribution in [0, 0.1) is 5.92 Å². The maximum Gasteiger partial charge on any atom is 0.224 e. The van der Waals surface area contributed by atoms with Gasteiger partial charge in [0.05, 0.1) is 6.10 Å². The summed E-state index contributed by atoms with van der Waals surface area (Å²) in [5, 5.41) is 2.94. The Balaban J connectivity index is 1.89. The van der Waals surface area contributed by atoms with Crippen LogP contribution < -0.4 is 10.2 Å². The number of amides is 1. The zero-order valence-electron chi connectivity index (χ0n) is 13.3. The number of hydrogen-bond donors (Lipinski definition) is 1. The number of nitrogens with one attached hydrogen (secondary N) is 1. The molecule has 2 rings (SSSR count). The average Bonchev–Trinajstić information content (AvgIpc) is 2.47. The monoisotopic (exact) mass is 290 g/mol. The van der Waals surface area contributed by atoms with E-state index in [2.05, 4.69) is 22.3 Å². The van der Waals surface area contributed by atoms with Crippen LogP contribution in [-0.2, 0) is 9.53 Å². The zero-order valence-corrected chi connectivity index (χ0v) is 13.3. The van der Waals surface area contributed by atoms with Crippen LogP contribution in [0.2, 0.25) is 0 Å². The van der Waals surface area contributed by atoms with Crippen LogP contribution in [0.4, 0.5) is 11.4 Å². The molecule has 1 N–H and O–H groups in total. The Morgan fingerprint density at radius 1 is 1.29 bits per heavy atom. The molecule has 4 heteroatoms. The molecule has 0 saturated carbocycles. The summed E-state index contributed by atoms with van der Waals surface area (Å²) in [6.45, 7) is 6.15. The van der Waals surface area contributed by atoms with Gasteiger partial charge in [0.2, 0.25) is 5.91 Å². The summed E-state index contributed by atoms with van der Waals surface area (Å²) in [5.41, 5.74) is 2.09. The van der Waals surface area contributed by atoms with Gasteiger partial charge in [-0.2, -0.15) is 0 Å². The molecule has 116 valence electrons. The number of carbonyl (C=O) groups excluding carboxylic acids is 1. The zero-order chi connectivity index (χ0) is 15.2. The number of methoxy groups -OCH3 is 1. The van der Waals surface area contributed by atoms with E-state index < -0.39 is 0 Å². The van der Waals surface area contributed by atoms with Crippen molar-refractivity contribution in [2.75, 3.05) is 30.4 Å². The highest BCUT2D eigenvalue weighted by Crippen LogP contribution is 2.23. The SMILES string of the molecule is COC1CCN(c2ccc(NC(=O)CC(C)C)cc2)CC1. The lowest BCUT2D eigenvalue weighted by molar-refractivity contribution is -0.116. The van der Waals surface area contributed by atoms with Crippen molar-refractivity contribution in [3.05, 3.63) is 24.3 Å². The van der Waals surface area contributed by atoms with Gasteiger partial charge in [-0.25, -0.2) is 0 Å². The third-order valence-electron chi connectivity index (χ3n) is 3.89. The van der Waals surface area contributed by atoms with E-state index >= 15 is 0 Å². The Hall–Kier alpha value is -1.55. The number of benzene rings is 1. The van der Waals surface area contributed by atoms with Gasteiger partial charge in [0.15, 0.2) is 0 Å². The first kappa shape index (κ1) is 15.8. The minimum absolute atomic E-state index is 0.0821. The molecule has 0 aromatic heterocycles. The second kappa shape index (κ2) is 7.46. The summed E-state index contributed by atoms with van der Waals surface area (Å²) >= 11 is 0. The molecule has 1 fully saturated rings. The minimum atomic E-state index is 0.0821. The normalized spacial score (nSPS) is 16.3. The first-order chi connectivity index (χ1) is 10.1. The third kappa shape index (κ3) is 4.74. The summed E-state index contributed by atoms with van der Waals surface area (Å²) < 4.78 is 5.40. The summed E-state index contributed by atoms with van der Waals surface area (Å²) in [6, 6.07) is 8.13. The second-order valence-electron chi connectivity index (χ2n) is 6.12. The van der Waals surface area contributed by atoms with Crippen molar-refractivity contribution >= 4 is 17.3 Å². The van der Waals surface area contributed by atoms with Gasteiger partial charge < -0.3 is 15.0 Å². The van der Waals surface area contributed by atoms with Gasteiger partial charge in [-0.3, -0.25) is 4.79 Å². The predicted octanol–water partition coefficient (Wildman–Crippen LogP) is 3.29. The molecule has 1 aliphatic rings. The lowest BCUT2D eigenvalue weighted by Gasteiger charge is -2.33. The largest absolute Gasteiger partial charge is 0.381 e. The summed E-state index contributed by atoms with van der Waals surface area (Å²) in [7, 11) is 1.79. The molecule has 0 radical (unpaired) electrons. The van der Waals surface area contributed by atoms with Gasteiger partial charge in [0.1, 0.15) is 0 Å². The van der Waals surface area contributed by atoms with Crippen molar-refractivity contribution in [3.8, 4) is 0 Å². The summed E-state index contributed by atoms with van der Waals surface area (Å²) in [5.74, 6) is 0.463. The van der Waals surface area contributed by atoms with Crippen LogP contribution in [0.25, 0.3) is 0 Å². The number of nitrogens with zero attached hydrogens (tertiary/aromatic N) is 1. The van der Waals surface area contributed by atoms with Crippen LogP contribution in [0.5, 0.6) is 0 Å². The first-order valence-corrected chi connectivity index (χ1v) is 7.76. The van der Waals surface area contributed by atoms with Crippen molar-refractivity contribution in [1.29, 1.82) is 0 Å². The number of rotatable bonds is 5. The molecular weight excluding hydrogens is 264 g/mol. The van der Waals surface area contributed by atoms with E-state index in [4.69, 9.17) is 4.74 Å². The van der Waals surface area contributed by atoms with Gasteiger partial charge in [-0.15, -0.1) is 0 Å². The molecule has 0 spiro atoms. The van der Waals surface area contributed by atoms with Crippen LogP contribution in [0.1, 0.15) is 33.1 Å². The number of carbonyl (C=O) groups is 1. The lowest BCUT2D eigenvalue weighted by Crippen LogP contribution is -2.36. The molecule has 0 aliphatic carbocycles. The molecule has 0 unspecified atom stereocenters. The van der Waals surface area contributed by atoms with Crippen LogP contribution >= 0.6 is 0 Å². The van der Waals surface area contributed by atoms with E-state index in [0.717, 1.165) is 31.6 Å². The number of ether oxygens (including phenoxy) is 1. The molecule has 1 heterocycles. The van der Waals surface area contributed by atoms with Crippen molar-refractivity contribution in [2.24, 2.45) is 5.92 Å². The summed E-state index contributed by atoms with van der Waals surface area (Å²) in [4.78, 5) is 14.1. The smallest absolute Gasteiger partial charge is 0.224 e. The Kier molecular flexibility index (Phi) is 5.62. The van der Waals surface area contributed by atoms with Crippen LogP contribution in [-0.4, -0.2) is 32.2 Å². The highest BCUT2D eigenvalue weighted by Gasteiger charge is 2.18. The fourth-order valence-electron chi connectivity index (χ4n) is 2.69. The van der Waals surface area contributed by atoms with E-state index in [1.807, 2.05) is 26.0 Å². The van der Waals surface area contributed by atoms with E-state index in [9.17, 15) is 4.79 Å². The van der Waals surface area contributed by atoms with E-state index in [1.165, 1.54) is 5.69 Å². The Labute approximate surface area is 127 Å². The van der Waals surface area contributed by atoms with Crippen LogP contribution in [0.15, 0.2) is 24.3 Å². The molecule has 1 aromatic carbocycles.